The Morgan fingerprint density at radius 2 is 1.77 bits per heavy atom. The van der Waals surface area contributed by atoms with Crippen molar-refractivity contribution in [3.8, 4) is 0 Å². The van der Waals surface area contributed by atoms with E-state index in [0.717, 1.165) is 57.4 Å². The van der Waals surface area contributed by atoms with Crippen molar-refractivity contribution < 1.29 is 19.5 Å². The molecule has 0 bridgehead atoms. The van der Waals surface area contributed by atoms with Crippen LogP contribution in [0.1, 0.15) is 81.1 Å². The standard InChI is InChI=1S/C24H37N3O4/c1-4-5-18(7-11-23(29)27-14-12-25-13-15-27)6-10-22(28)26-21-16-19(24(30)31)8-9-20(21)17(2)3/h8-9,16-18,25H,4-7,10-15H2,1-3H3,(H,26,28)(H,30,31). The van der Waals surface area contributed by atoms with Gasteiger partial charge in [0.15, 0.2) is 0 Å². The maximum Gasteiger partial charge on any atom is 0.335 e. The number of carboxylic acids is 1. The molecule has 0 spiro atoms. The van der Waals surface area contributed by atoms with Crippen LogP contribution in [0.5, 0.6) is 0 Å². The number of benzene rings is 1. The molecule has 1 aliphatic heterocycles. The summed E-state index contributed by atoms with van der Waals surface area (Å²) in [5.41, 5.74) is 1.65. The summed E-state index contributed by atoms with van der Waals surface area (Å²) < 4.78 is 0. The van der Waals surface area contributed by atoms with Gasteiger partial charge in [0.25, 0.3) is 0 Å². The highest BCUT2D eigenvalue weighted by Crippen LogP contribution is 2.27. The lowest BCUT2D eigenvalue weighted by Gasteiger charge is -2.28. The zero-order chi connectivity index (χ0) is 22.8. The molecule has 172 valence electrons. The molecule has 0 aromatic heterocycles. The van der Waals surface area contributed by atoms with E-state index < -0.39 is 5.97 Å². The highest BCUT2D eigenvalue weighted by Gasteiger charge is 2.19. The Labute approximate surface area is 185 Å². The second kappa shape index (κ2) is 12.4. The van der Waals surface area contributed by atoms with E-state index in [1.807, 2.05) is 18.7 Å². The van der Waals surface area contributed by atoms with E-state index >= 15 is 0 Å². The number of hydrogen-bond donors (Lipinski definition) is 3. The van der Waals surface area contributed by atoms with Crippen LogP contribution >= 0.6 is 0 Å². The van der Waals surface area contributed by atoms with Crippen molar-refractivity contribution in [3.63, 3.8) is 0 Å². The van der Waals surface area contributed by atoms with Gasteiger partial charge in [-0.15, -0.1) is 0 Å². The van der Waals surface area contributed by atoms with Gasteiger partial charge in [-0.05, 0) is 42.4 Å². The van der Waals surface area contributed by atoms with E-state index in [0.29, 0.717) is 24.4 Å². The summed E-state index contributed by atoms with van der Waals surface area (Å²) in [6.07, 6.45) is 4.44. The van der Waals surface area contributed by atoms with Crippen molar-refractivity contribution in [2.24, 2.45) is 5.92 Å². The number of carboxylic acid groups (broad SMARTS) is 1. The lowest BCUT2D eigenvalue weighted by atomic mass is 9.92. The van der Waals surface area contributed by atoms with Crippen molar-refractivity contribution in [3.05, 3.63) is 29.3 Å². The summed E-state index contributed by atoms with van der Waals surface area (Å²) in [6.45, 7) is 9.39. The summed E-state index contributed by atoms with van der Waals surface area (Å²) in [6, 6.07) is 4.87. The third-order valence-corrected chi connectivity index (χ3v) is 5.91. The second-order valence-electron chi connectivity index (χ2n) is 8.67. The number of hydrogen-bond acceptors (Lipinski definition) is 4. The predicted molar refractivity (Wildman–Crippen MR) is 122 cm³/mol. The Morgan fingerprint density at radius 3 is 2.39 bits per heavy atom. The van der Waals surface area contributed by atoms with Gasteiger partial charge in [0, 0.05) is 44.7 Å². The number of anilines is 1. The minimum atomic E-state index is -1.01. The minimum absolute atomic E-state index is 0.112. The molecule has 0 radical (unpaired) electrons. The zero-order valence-electron chi connectivity index (χ0n) is 19.1. The Hall–Kier alpha value is -2.41. The molecule has 31 heavy (non-hydrogen) atoms. The summed E-state index contributed by atoms with van der Waals surface area (Å²) in [7, 11) is 0. The fourth-order valence-electron chi connectivity index (χ4n) is 4.09. The maximum absolute atomic E-state index is 12.6. The van der Waals surface area contributed by atoms with E-state index in [4.69, 9.17) is 0 Å². The lowest BCUT2D eigenvalue weighted by molar-refractivity contribution is -0.132. The summed E-state index contributed by atoms with van der Waals surface area (Å²) in [5.74, 6) is -0.416. The van der Waals surface area contributed by atoms with Crippen LogP contribution in [0.2, 0.25) is 0 Å². The predicted octanol–water partition coefficient (Wildman–Crippen LogP) is 3.86. The van der Waals surface area contributed by atoms with Crippen molar-refractivity contribution in [1.82, 2.24) is 10.2 Å². The van der Waals surface area contributed by atoms with E-state index in [1.54, 1.807) is 12.1 Å². The van der Waals surface area contributed by atoms with Gasteiger partial charge in [-0.1, -0.05) is 39.7 Å². The molecule has 1 aromatic carbocycles. The van der Waals surface area contributed by atoms with Gasteiger partial charge in [0.05, 0.1) is 5.56 Å². The molecule has 1 aliphatic rings. The van der Waals surface area contributed by atoms with Crippen LogP contribution < -0.4 is 10.6 Å². The highest BCUT2D eigenvalue weighted by molar-refractivity contribution is 5.94. The molecule has 1 aromatic rings. The molecule has 1 heterocycles. The molecule has 3 N–H and O–H groups in total. The number of amides is 2. The molecule has 1 unspecified atom stereocenters. The van der Waals surface area contributed by atoms with Crippen LogP contribution in [0.4, 0.5) is 5.69 Å². The Kier molecular flexibility index (Phi) is 9.98. The maximum atomic E-state index is 12.6. The average molecular weight is 432 g/mol. The van der Waals surface area contributed by atoms with E-state index in [-0.39, 0.29) is 23.3 Å². The first-order valence-corrected chi connectivity index (χ1v) is 11.5. The van der Waals surface area contributed by atoms with Gasteiger partial charge < -0.3 is 20.6 Å². The van der Waals surface area contributed by atoms with Crippen molar-refractivity contribution in [1.29, 1.82) is 0 Å². The van der Waals surface area contributed by atoms with Crippen LogP contribution in [-0.2, 0) is 9.59 Å². The topological polar surface area (TPSA) is 98.7 Å². The van der Waals surface area contributed by atoms with Crippen LogP contribution in [0.25, 0.3) is 0 Å². The molecule has 1 saturated heterocycles. The van der Waals surface area contributed by atoms with Crippen LogP contribution in [0.15, 0.2) is 18.2 Å². The highest BCUT2D eigenvalue weighted by atomic mass is 16.4. The molecule has 2 amide bonds. The van der Waals surface area contributed by atoms with Gasteiger partial charge in [-0.3, -0.25) is 9.59 Å². The van der Waals surface area contributed by atoms with Crippen LogP contribution in [0.3, 0.4) is 0 Å². The van der Waals surface area contributed by atoms with Crippen molar-refractivity contribution in [2.75, 3.05) is 31.5 Å². The molecule has 0 saturated carbocycles. The lowest BCUT2D eigenvalue weighted by Crippen LogP contribution is -2.46. The van der Waals surface area contributed by atoms with E-state index in [1.165, 1.54) is 6.07 Å². The third kappa shape index (κ3) is 7.98. The minimum Gasteiger partial charge on any atom is -0.478 e. The molecule has 0 aliphatic carbocycles. The Balaban J connectivity index is 1.90. The molecular weight excluding hydrogens is 394 g/mol. The first-order valence-electron chi connectivity index (χ1n) is 11.5. The largest absolute Gasteiger partial charge is 0.478 e. The first-order chi connectivity index (χ1) is 14.8. The Bertz CT molecular complexity index is 757. The molecule has 7 nitrogen and oxygen atoms in total. The van der Waals surface area contributed by atoms with Crippen molar-refractivity contribution in [2.45, 2.75) is 65.2 Å². The van der Waals surface area contributed by atoms with Gasteiger partial charge in [0.1, 0.15) is 0 Å². The fraction of sp³-hybridized carbons (Fsp3) is 0.625. The molecule has 1 atom stereocenters. The van der Waals surface area contributed by atoms with Gasteiger partial charge in [-0.2, -0.15) is 0 Å². The summed E-state index contributed by atoms with van der Waals surface area (Å²) in [4.78, 5) is 38.3. The molecule has 2 rings (SSSR count). The molecular formula is C24H37N3O4. The quantitative estimate of drug-likeness (QED) is 0.494. The average Bonchev–Trinajstić information content (AvgIpc) is 2.75. The van der Waals surface area contributed by atoms with Gasteiger partial charge in [0.2, 0.25) is 11.8 Å². The number of nitrogens with one attached hydrogen (secondary N) is 2. The zero-order valence-corrected chi connectivity index (χ0v) is 19.1. The third-order valence-electron chi connectivity index (χ3n) is 5.91. The number of nitrogens with zero attached hydrogens (tertiary/aromatic N) is 1. The molecule has 7 heteroatoms. The monoisotopic (exact) mass is 431 g/mol. The Morgan fingerprint density at radius 1 is 1.10 bits per heavy atom. The van der Waals surface area contributed by atoms with Gasteiger partial charge in [-0.25, -0.2) is 4.79 Å². The fourth-order valence-corrected chi connectivity index (χ4v) is 4.09. The number of aromatic carboxylic acids is 1. The first kappa shape index (κ1) is 24.9. The summed E-state index contributed by atoms with van der Waals surface area (Å²) >= 11 is 0. The van der Waals surface area contributed by atoms with E-state index in [9.17, 15) is 19.5 Å². The summed E-state index contributed by atoms with van der Waals surface area (Å²) in [5, 5.41) is 15.4. The SMILES string of the molecule is CCCC(CCC(=O)Nc1cc(C(=O)O)ccc1C(C)C)CCC(=O)N1CCNCC1. The number of piperazine rings is 1. The van der Waals surface area contributed by atoms with Crippen LogP contribution in [-0.4, -0.2) is 54.0 Å². The van der Waals surface area contributed by atoms with Crippen LogP contribution in [0, 0.1) is 5.92 Å². The normalized spacial score (nSPS) is 15.0. The smallest absolute Gasteiger partial charge is 0.335 e. The molecule has 1 fully saturated rings. The number of rotatable bonds is 11. The van der Waals surface area contributed by atoms with Crippen molar-refractivity contribution >= 4 is 23.5 Å². The number of carbonyl (C=O) groups is 3. The number of carbonyl (C=O) groups excluding carboxylic acids is 2. The second-order valence-corrected chi connectivity index (χ2v) is 8.67. The van der Waals surface area contributed by atoms with E-state index in [2.05, 4.69) is 17.6 Å². The van der Waals surface area contributed by atoms with Gasteiger partial charge >= 0.3 is 5.97 Å².